The number of nitrogens with zero attached hydrogens (tertiary/aromatic N) is 3. The van der Waals surface area contributed by atoms with Gasteiger partial charge in [-0.15, -0.1) is 11.3 Å². The van der Waals surface area contributed by atoms with Gasteiger partial charge in [-0.2, -0.15) is 0 Å². The van der Waals surface area contributed by atoms with Crippen LogP contribution in [0.5, 0.6) is 0 Å². The summed E-state index contributed by atoms with van der Waals surface area (Å²) >= 11 is 1.45. The Balaban J connectivity index is 0.000000791. The van der Waals surface area contributed by atoms with Crippen molar-refractivity contribution >= 4 is 17.3 Å². The first-order valence-electron chi connectivity index (χ1n) is 8.59. The monoisotopic (exact) mass is 371 g/mol. The smallest absolute Gasteiger partial charge is 0.338 e. The first-order chi connectivity index (χ1) is 12.7. The standard InChI is InChI=1S/C16H13N3O2S.2C2H6/c1-10-5-11(8-17-7-10)14-6-12(16(20)21-2)13(9-19-14)15-18-3-4-22-15;2*1-2/h3-9H,1-2H3;2*1-2H3. The molecular weight excluding hydrogens is 346 g/mol. The maximum Gasteiger partial charge on any atom is 0.338 e. The van der Waals surface area contributed by atoms with E-state index in [-0.39, 0.29) is 0 Å². The molecular formula is C20H25N3O2S. The van der Waals surface area contributed by atoms with Crippen LogP contribution < -0.4 is 0 Å². The lowest BCUT2D eigenvalue weighted by atomic mass is 10.1. The largest absolute Gasteiger partial charge is 0.465 e. The predicted octanol–water partition coefficient (Wildman–Crippen LogP) is 5.41. The van der Waals surface area contributed by atoms with Crippen molar-refractivity contribution in [1.29, 1.82) is 0 Å². The van der Waals surface area contributed by atoms with Gasteiger partial charge in [0.2, 0.25) is 0 Å². The number of ether oxygens (including phenoxy) is 1. The fourth-order valence-electron chi connectivity index (χ4n) is 2.11. The van der Waals surface area contributed by atoms with E-state index in [9.17, 15) is 4.79 Å². The molecule has 5 nitrogen and oxygen atoms in total. The predicted molar refractivity (Wildman–Crippen MR) is 107 cm³/mol. The molecule has 3 heterocycles. The summed E-state index contributed by atoms with van der Waals surface area (Å²) in [6.07, 6.45) is 6.84. The van der Waals surface area contributed by atoms with E-state index >= 15 is 0 Å². The van der Waals surface area contributed by atoms with Crippen molar-refractivity contribution in [2.45, 2.75) is 34.6 Å². The topological polar surface area (TPSA) is 65.0 Å². The molecule has 0 saturated heterocycles. The number of hydrogen-bond acceptors (Lipinski definition) is 6. The van der Waals surface area contributed by atoms with Crippen LogP contribution in [-0.4, -0.2) is 28.0 Å². The van der Waals surface area contributed by atoms with Crippen LogP contribution in [0.4, 0.5) is 0 Å². The van der Waals surface area contributed by atoms with Crippen molar-refractivity contribution < 1.29 is 9.53 Å². The summed E-state index contributed by atoms with van der Waals surface area (Å²) in [5.74, 6) is -0.408. The maximum atomic E-state index is 12.1. The van der Waals surface area contributed by atoms with Gasteiger partial charge in [-0.25, -0.2) is 9.78 Å². The number of pyridine rings is 2. The Hall–Kier alpha value is -2.60. The molecule has 0 aliphatic heterocycles. The molecule has 0 saturated carbocycles. The highest BCUT2D eigenvalue weighted by Gasteiger charge is 2.17. The molecule has 0 aliphatic carbocycles. The average Bonchev–Trinajstić information content (AvgIpc) is 3.24. The van der Waals surface area contributed by atoms with E-state index in [4.69, 9.17) is 4.74 Å². The highest BCUT2D eigenvalue weighted by Crippen LogP contribution is 2.28. The van der Waals surface area contributed by atoms with Gasteiger partial charge in [-0.3, -0.25) is 9.97 Å². The van der Waals surface area contributed by atoms with Gasteiger partial charge < -0.3 is 4.74 Å². The normalized spacial score (nSPS) is 9.31. The number of carbonyl (C=O) groups excluding carboxylic acids is 1. The Labute approximate surface area is 159 Å². The fourth-order valence-corrected chi connectivity index (χ4v) is 2.78. The summed E-state index contributed by atoms with van der Waals surface area (Å²) < 4.78 is 4.88. The number of carbonyl (C=O) groups is 1. The molecule has 3 rings (SSSR count). The molecule has 0 bridgehead atoms. The zero-order valence-corrected chi connectivity index (χ0v) is 16.9. The van der Waals surface area contributed by atoms with Gasteiger partial charge in [-0.05, 0) is 24.6 Å². The summed E-state index contributed by atoms with van der Waals surface area (Å²) in [6.45, 7) is 9.96. The van der Waals surface area contributed by atoms with Gasteiger partial charge in [-0.1, -0.05) is 27.7 Å². The SMILES string of the molecule is CC.CC.COC(=O)c1cc(-c2cncc(C)c2)ncc1-c1nccs1. The lowest BCUT2D eigenvalue weighted by Gasteiger charge is -2.08. The van der Waals surface area contributed by atoms with E-state index in [1.54, 1.807) is 30.9 Å². The molecule has 0 amide bonds. The molecule has 3 aromatic rings. The summed E-state index contributed by atoms with van der Waals surface area (Å²) in [4.78, 5) is 24.9. The van der Waals surface area contributed by atoms with Gasteiger partial charge in [0.15, 0.2) is 0 Å². The minimum atomic E-state index is -0.408. The van der Waals surface area contributed by atoms with E-state index in [0.717, 1.165) is 16.1 Å². The molecule has 0 spiro atoms. The van der Waals surface area contributed by atoms with Crippen molar-refractivity contribution in [3.05, 3.63) is 53.4 Å². The third-order valence-corrected chi connectivity index (χ3v) is 3.95. The van der Waals surface area contributed by atoms with Gasteiger partial charge in [0.05, 0.1) is 18.4 Å². The van der Waals surface area contributed by atoms with Crippen LogP contribution in [0.25, 0.3) is 21.8 Å². The Bertz CT molecular complexity index is 818. The molecule has 6 heteroatoms. The lowest BCUT2D eigenvalue weighted by Crippen LogP contribution is -2.05. The minimum absolute atomic E-state index is 0.408. The first-order valence-corrected chi connectivity index (χ1v) is 9.47. The van der Waals surface area contributed by atoms with Crippen LogP contribution >= 0.6 is 11.3 Å². The van der Waals surface area contributed by atoms with E-state index in [1.165, 1.54) is 18.4 Å². The molecule has 0 N–H and O–H groups in total. The van der Waals surface area contributed by atoms with Crippen molar-refractivity contribution in [3.63, 3.8) is 0 Å². The van der Waals surface area contributed by atoms with Gasteiger partial charge in [0.25, 0.3) is 0 Å². The van der Waals surface area contributed by atoms with Crippen LogP contribution in [0.15, 0.2) is 42.3 Å². The minimum Gasteiger partial charge on any atom is -0.465 e. The van der Waals surface area contributed by atoms with Crippen LogP contribution in [0.1, 0.15) is 43.6 Å². The zero-order valence-electron chi connectivity index (χ0n) is 16.1. The molecule has 26 heavy (non-hydrogen) atoms. The summed E-state index contributed by atoms with van der Waals surface area (Å²) in [5, 5.41) is 2.59. The number of thiazole rings is 1. The molecule has 138 valence electrons. The van der Waals surface area contributed by atoms with E-state index < -0.39 is 5.97 Å². The Morgan fingerprint density at radius 3 is 2.35 bits per heavy atom. The number of aryl methyl sites for hydroxylation is 1. The molecule has 0 fully saturated rings. The van der Waals surface area contributed by atoms with E-state index in [1.807, 2.05) is 46.1 Å². The van der Waals surface area contributed by atoms with Crippen molar-refractivity contribution in [2.75, 3.05) is 7.11 Å². The van der Waals surface area contributed by atoms with Crippen LogP contribution in [-0.2, 0) is 4.74 Å². The molecule has 0 unspecified atom stereocenters. The molecule has 0 radical (unpaired) electrons. The van der Waals surface area contributed by atoms with Crippen molar-refractivity contribution in [1.82, 2.24) is 15.0 Å². The average molecular weight is 372 g/mol. The second kappa shape index (κ2) is 11.1. The van der Waals surface area contributed by atoms with Gasteiger partial charge in [0, 0.05) is 41.3 Å². The van der Waals surface area contributed by atoms with E-state index in [2.05, 4.69) is 15.0 Å². The second-order valence-electron chi connectivity index (χ2n) is 4.69. The lowest BCUT2D eigenvalue weighted by molar-refractivity contribution is 0.0601. The van der Waals surface area contributed by atoms with Crippen molar-refractivity contribution in [3.8, 4) is 21.8 Å². The van der Waals surface area contributed by atoms with E-state index in [0.29, 0.717) is 16.8 Å². The second-order valence-corrected chi connectivity index (χ2v) is 5.59. The third-order valence-electron chi connectivity index (χ3n) is 3.14. The quantitative estimate of drug-likeness (QED) is 0.576. The number of esters is 1. The zero-order chi connectivity index (χ0) is 19.5. The van der Waals surface area contributed by atoms with Gasteiger partial charge >= 0.3 is 5.97 Å². The summed E-state index contributed by atoms with van der Waals surface area (Å²) in [5.41, 5.74) is 3.69. The fraction of sp³-hybridized carbons (Fsp3) is 0.300. The summed E-state index contributed by atoms with van der Waals surface area (Å²) in [7, 11) is 1.36. The number of hydrogen-bond donors (Lipinski definition) is 0. The highest BCUT2D eigenvalue weighted by atomic mass is 32.1. The number of methoxy groups -OCH3 is 1. The highest BCUT2D eigenvalue weighted by molar-refractivity contribution is 7.13. The maximum absolute atomic E-state index is 12.1. The Morgan fingerprint density at radius 2 is 1.77 bits per heavy atom. The van der Waals surface area contributed by atoms with Gasteiger partial charge in [0.1, 0.15) is 5.01 Å². The van der Waals surface area contributed by atoms with Crippen molar-refractivity contribution in [2.24, 2.45) is 0 Å². The van der Waals surface area contributed by atoms with Crippen LogP contribution in [0, 0.1) is 6.92 Å². The van der Waals surface area contributed by atoms with Crippen LogP contribution in [0.3, 0.4) is 0 Å². The molecule has 0 aromatic carbocycles. The third kappa shape index (κ3) is 5.20. The molecule has 0 aliphatic rings. The summed E-state index contributed by atoms with van der Waals surface area (Å²) in [6, 6.07) is 3.69. The Morgan fingerprint density at radius 1 is 1.04 bits per heavy atom. The molecule has 3 aromatic heterocycles. The first kappa shape index (κ1) is 21.4. The Kier molecular flexibility index (Phi) is 9.15. The molecule has 0 atom stereocenters. The number of rotatable bonds is 3. The van der Waals surface area contributed by atoms with Crippen LogP contribution in [0.2, 0.25) is 0 Å². The number of aromatic nitrogens is 3.